The fourth-order valence-electron chi connectivity index (χ4n) is 2.58. The number of nitrogen functional groups attached to an aromatic ring is 1. The van der Waals surface area contributed by atoms with Gasteiger partial charge in [0.15, 0.2) is 5.13 Å². The van der Waals surface area contributed by atoms with Crippen molar-refractivity contribution in [3.05, 3.63) is 11.1 Å². The lowest BCUT2D eigenvalue weighted by atomic mass is 9.86. The molecule has 3 nitrogen and oxygen atoms in total. The minimum Gasteiger partial charge on any atom is -0.375 e. The number of aromatic nitrogens is 1. The lowest BCUT2D eigenvalue weighted by Gasteiger charge is -2.33. The van der Waals surface area contributed by atoms with Crippen LogP contribution in [0, 0.1) is 5.92 Å². The van der Waals surface area contributed by atoms with Crippen LogP contribution in [-0.4, -0.2) is 23.0 Å². The van der Waals surface area contributed by atoms with E-state index in [1.54, 1.807) is 0 Å². The van der Waals surface area contributed by atoms with E-state index >= 15 is 0 Å². The SMILES string of the molecule is CC1CCCC(N(C)Cc2csc(N)n2)C1. The van der Waals surface area contributed by atoms with Gasteiger partial charge in [-0.15, -0.1) is 11.3 Å². The molecule has 1 aromatic rings. The third-order valence-corrected chi connectivity index (χ3v) is 4.24. The van der Waals surface area contributed by atoms with E-state index < -0.39 is 0 Å². The van der Waals surface area contributed by atoms with Gasteiger partial charge < -0.3 is 5.73 Å². The molecule has 0 spiro atoms. The standard InChI is InChI=1S/C12H21N3S/c1-9-4-3-5-11(6-9)15(2)7-10-8-16-12(13)14-10/h8-9,11H,3-7H2,1-2H3,(H2,13,14). The second kappa shape index (κ2) is 5.15. The van der Waals surface area contributed by atoms with Crippen LogP contribution < -0.4 is 5.73 Å². The highest BCUT2D eigenvalue weighted by Crippen LogP contribution is 2.27. The number of nitrogens with two attached hydrogens (primary N) is 1. The molecule has 1 aliphatic rings. The monoisotopic (exact) mass is 239 g/mol. The topological polar surface area (TPSA) is 42.1 Å². The highest BCUT2D eigenvalue weighted by Gasteiger charge is 2.22. The average Bonchev–Trinajstić information content (AvgIpc) is 2.64. The Morgan fingerprint density at radius 2 is 2.38 bits per heavy atom. The van der Waals surface area contributed by atoms with Gasteiger partial charge in [-0.3, -0.25) is 4.90 Å². The molecule has 4 heteroatoms. The van der Waals surface area contributed by atoms with Crippen molar-refractivity contribution < 1.29 is 0 Å². The lowest BCUT2D eigenvalue weighted by Crippen LogP contribution is -2.35. The van der Waals surface area contributed by atoms with E-state index in [2.05, 4.69) is 29.2 Å². The van der Waals surface area contributed by atoms with Crippen molar-refractivity contribution in [3.63, 3.8) is 0 Å². The van der Waals surface area contributed by atoms with E-state index in [4.69, 9.17) is 5.73 Å². The third kappa shape index (κ3) is 2.95. The predicted octanol–water partition coefficient (Wildman–Crippen LogP) is 2.74. The first-order valence-corrected chi connectivity index (χ1v) is 6.93. The summed E-state index contributed by atoms with van der Waals surface area (Å²) in [7, 11) is 2.21. The van der Waals surface area contributed by atoms with E-state index in [0.29, 0.717) is 5.13 Å². The number of hydrogen-bond acceptors (Lipinski definition) is 4. The predicted molar refractivity (Wildman–Crippen MR) is 69.4 cm³/mol. The first-order chi connectivity index (χ1) is 7.65. The summed E-state index contributed by atoms with van der Waals surface area (Å²) in [6.07, 6.45) is 5.43. The van der Waals surface area contributed by atoms with Gasteiger partial charge in [-0.2, -0.15) is 0 Å². The van der Waals surface area contributed by atoms with Gasteiger partial charge in [0.2, 0.25) is 0 Å². The lowest BCUT2D eigenvalue weighted by molar-refractivity contribution is 0.156. The second-order valence-electron chi connectivity index (χ2n) is 5.02. The smallest absolute Gasteiger partial charge is 0.180 e. The fraction of sp³-hybridized carbons (Fsp3) is 0.750. The second-order valence-corrected chi connectivity index (χ2v) is 5.91. The summed E-state index contributed by atoms with van der Waals surface area (Å²) in [6.45, 7) is 3.30. The quantitative estimate of drug-likeness (QED) is 0.882. The number of hydrogen-bond donors (Lipinski definition) is 1. The Hall–Kier alpha value is -0.610. The Balaban J connectivity index is 1.89. The molecule has 16 heavy (non-hydrogen) atoms. The molecule has 2 atom stereocenters. The first-order valence-electron chi connectivity index (χ1n) is 6.05. The molecule has 0 saturated heterocycles. The summed E-state index contributed by atoms with van der Waals surface area (Å²) in [5.74, 6) is 0.877. The van der Waals surface area contributed by atoms with Crippen LogP contribution in [0.3, 0.4) is 0 Å². The normalized spacial score (nSPS) is 26.2. The molecule has 2 N–H and O–H groups in total. The van der Waals surface area contributed by atoms with Gasteiger partial charge in [-0.05, 0) is 25.8 Å². The molecule has 0 radical (unpaired) electrons. The summed E-state index contributed by atoms with van der Waals surface area (Å²) in [5.41, 5.74) is 6.76. The number of anilines is 1. The van der Waals surface area contributed by atoms with Gasteiger partial charge in [0.05, 0.1) is 5.69 Å². The van der Waals surface area contributed by atoms with Gasteiger partial charge in [0, 0.05) is 18.0 Å². The molecule has 0 amide bonds. The zero-order chi connectivity index (χ0) is 11.5. The van der Waals surface area contributed by atoms with Gasteiger partial charge in [0.1, 0.15) is 0 Å². The molecule has 1 fully saturated rings. The zero-order valence-corrected chi connectivity index (χ0v) is 11.0. The molecule has 1 heterocycles. The molecule has 0 aliphatic heterocycles. The highest BCUT2D eigenvalue weighted by atomic mass is 32.1. The number of nitrogens with zero attached hydrogens (tertiary/aromatic N) is 2. The fourth-order valence-corrected chi connectivity index (χ4v) is 3.14. The summed E-state index contributed by atoms with van der Waals surface area (Å²) in [6, 6.07) is 0.728. The summed E-state index contributed by atoms with van der Waals surface area (Å²) >= 11 is 1.53. The molecule has 90 valence electrons. The van der Waals surface area contributed by atoms with Crippen molar-refractivity contribution in [1.82, 2.24) is 9.88 Å². The molecule has 2 unspecified atom stereocenters. The van der Waals surface area contributed by atoms with Crippen LogP contribution in [0.2, 0.25) is 0 Å². The molecular weight excluding hydrogens is 218 g/mol. The van der Waals surface area contributed by atoms with Crippen LogP contribution in [0.25, 0.3) is 0 Å². The largest absolute Gasteiger partial charge is 0.375 e. The van der Waals surface area contributed by atoms with Crippen LogP contribution in [0.1, 0.15) is 38.3 Å². The van der Waals surface area contributed by atoms with Gasteiger partial charge in [-0.25, -0.2) is 4.98 Å². The first kappa shape index (κ1) is 11.9. The average molecular weight is 239 g/mol. The summed E-state index contributed by atoms with van der Waals surface area (Å²) in [4.78, 5) is 6.75. The van der Waals surface area contributed by atoms with Crippen molar-refractivity contribution in [2.75, 3.05) is 12.8 Å². The van der Waals surface area contributed by atoms with E-state index in [0.717, 1.165) is 24.2 Å². The molecule has 0 bridgehead atoms. The van der Waals surface area contributed by atoms with Crippen molar-refractivity contribution in [3.8, 4) is 0 Å². The van der Waals surface area contributed by atoms with E-state index in [1.807, 2.05) is 0 Å². The zero-order valence-electron chi connectivity index (χ0n) is 10.1. The van der Waals surface area contributed by atoms with Crippen LogP contribution in [0.4, 0.5) is 5.13 Å². The summed E-state index contributed by atoms with van der Waals surface area (Å²) < 4.78 is 0. The van der Waals surface area contributed by atoms with Crippen molar-refractivity contribution in [1.29, 1.82) is 0 Å². The van der Waals surface area contributed by atoms with Crippen molar-refractivity contribution in [2.24, 2.45) is 5.92 Å². The van der Waals surface area contributed by atoms with Crippen LogP contribution in [0.5, 0.6) is 0 Å². The maximum Gasteiger partial charge on any atom is 0.180 e. The Morgan fingerprint density at radius 3 is 3.00 bits per heavy atom. The molecule has 1 aromatic heterocycles. The van der Waals surface area contributed by atoms with Crippen LogP contribution in [-0.2, 0) is 6.54 Å². The molecule has 2 rings (SSSR count). The Morgan fingerprint density at radius 1 is 1.56 bits per heavy atom. The van der Waals surface area contributed by atoms with Crippen LogP contribution in [0.15, 0.2) is 5.38 Å². The molecule has 1 saturated carbocycles. The molecule has 1 aliphatic carbocycles. The minimum atomic E-state index is 0.681. The number of thiazole rings is 1. The van der Waals surface area contributed by atoms with Crippen molar-refractivity contribution >= 4 is 16.5 Å². The Labute approximate surface area is 102 Å². The Bertz CT molecular complexity index is 337. The van der Waals surface area contributed by atoms with E-state index in [9.17, 15) is 0 Å². The summed E-state index contributed by atoms with van der Waals surface area (Å²) in [5, 5.41) is 2.75. The minimum absolute atomic E-state index is 0.681. The molecular formula is C12H21N3S. The van der Waals surface area contributed by atoms with Gasteiger partial charge in [-0.1, -0.05) is 19.8 Å². The maximum atomic E-state index is 5.64. The van der Waals surface area contributed by atoms with E-state index in [-0.39, 0.29) is 0 Å². The molecule has 0 aromatic carbocycles. The maximum absolute atomic E-state index is 5.64. The highest BCUT2D eigenvalue weighted by molar-refractivity contribution is 7.13. The van der Waals surface area contributed by atoms with Gasteiger partial charge >= 0.3 is 0 Å². The van der Waals surface area contributed by atoms with E-state index in [1.165, 1.54) is 37.0 Å². The Kier molecular flexibility index (Phi) is 3.82. The van der Waals surface area contributed by atoms with Crippen LogP contribution >= 0.6 is 11.3 Å². The van der Waals surface area contributed by atoms with Crippen molar-refractivity contribution in [2.45, 2.75) is 45.2 Å². The number of rotatable bonds is 3. The van der Waals surface area contributed by atoms with Gasteiger partial charge in [0.25, 0.3) is 0 Å². The third-order valence-electron chi connectivity index (χ3n) is 3.51.